The van der Waals surface area contributed by atoms with Crippen LogP contribution in [-0.4, -0.2) is 49.2 Å². The molecule has 0 spiro atoms. The lowest BCUT2D eigenvalue weighted by Crippen LogP contribution is -2.47. The van der Waals surface area contributed by atoms with Gasteiger partial charge in [-0.25, -0.2) is 8.42 Å². The number of rotatable bonds is 9. The summed E-state index contributed by atoms with van der Waals surface area (Å²) >= 11 is 8.84. The van der Waals surface area contributed by atoms with E-state index in [0.29, 0.717) is 15.4 Å². The second-order valence-corrected chi connectivity index (χ2v) is 11.4. The fraction of sp³-hybridized carbons (Fsp3) is 0.471. The Morgan fingerprint density at radius 2 is 2.07 bits per heavy atom. The third kappa shape index (κ3) is 6.21. The van der Waals surface area contributed by atoms with Gasteiger partial charge < -0.3 is 4.74 Å². The minimum Gasteiger partial charge on any atom is -0.495 e. The molecule has 160 valence electrons. The van der Waals surface area contributed by atoms with Crippen molar-refractivity contribution in [1.29, 1.82) is 0 Å². The van der Waals surface area contributed by atoms with Crippen LogP contribution < -0.4 is 14.4 Å². The van der Waals surface area contributed by atoms with Crippen LogP contribution in [0.4, 0.5) is 10.8 Å². The van der Waals surface area contributed by atoms with Gasteiger partial charge in [0.05, 0.1) is 19.1 Å². The van der Waals surface area contributed by atoms with Gasteiger partial charge in [0.1, 0.15) is 11.8 Å². The summed E-state index contributed by atoms with van der Waals surface area (Å²) in [6, 6.07) is 3.57. The summed E-state index contributed by atoms with van der Waals surface area (Å²) in [5.74, 6) is -0.227. The number of amides is 1. The van der Waals surface area contributed by atoms with Crippen molar-refractivity contribution in [3.63, 3.8) is 0 Å². The Kier molecular flexibility index (Phi) is 8.15. The normalized spacial score (nSPS) is 12.7. The van der Waals surface area contributed by atoms with E-state index in [1.165, 1.54) is 36.3 Å². The Labute approximate surface area is 184 Å². The lowest BCUT2D eigenvalue weighted by Gasteiger charge is -2.30. The second-order valence-electron chi connectivity index (χ2n) is 6.33. The Balaban J connectivity index is 2.38. The van der Waals surface area contributed by atoms with Crippen molar-refractivity contribution in [3.05, 3.63) is 23.2 Å². The number of carbonyl (C=O) groups is 1. The van der Waals surface area contributed by atoms with Crippen LogP contribution in [0.3, 0.4) is 0 Å². The molecule has 1 aromatic carbocycles. The average molecular weight is 479 g/mol. The minimum absolute atomic E-state index is 0.192. The molecule has 1 atom stereocenters. The molecule has 29 heavy (non-hydrogen) atoms. The monoisotopic (exact) mass is 478 g/mol. The summed E-state index contributed by atoms with van der Waals surface area (Å²) in [6.07, 6.45) is 1.26. The number of hydrogen-bond acceptors (Lipinski definition) is 8. The van der Waals surface area contributed by atoms with E-state index in [9.17, 15) is 13.2 Å². The maximum absolute atomic E-state index is 13.0. The van der Waals surface area contributed by atoms with Crippen molar-refractivity contribution in [3.8, 4) is 5.75 Å². The van der Waals surface area contributed by atoms with E-state index in [1.807, 2.05) is 13.8 Å². The van der Waals surface area contributed by atoms with Crippen molar-refractivity contribution in [2.45, 2.75) is 42.8 Å². The van der Waals surface area contributed by atoms with Gasteiger partial charge in [0, 0.05) is 10.3 Å². The smallest absolute Gasteiger partial charge is 0.250 e. The Morgan fingerprint density at radius 3 is 2.62 bits per heavy atom. The summed E-state index contributed by atoms with van der Waals surface area (Å²) < 4.78 is 32.3. The zero-order chi connectivity index (χ0) is 21.8. The zero-order valence-corrected chi connectivity index (χ0v) is 19.9. The van der Waals surface area contributed by atoms with E-state index in [4.69, 9.17) is 16.3 Å². The third-order valence-electron chi connectivity index (χ3n) is 3.68. The van der Waals surface area contributed by atoms with Gasteiger partial charge in [-0.05, 0) is 24.6 Å². The number of carbonyl (C=O) groups excluding carboxylic acids is 1. The van der Waals surface area contributed by atoms with Crippen LogP contribution >= 0.6 is 34.7 Å². The molecule has 12 heteroatoms. The molecule has 0 saturated carbocycles. The number of ether oxygens (including phenoxy) is 1. The molecule has 1 aromatic heterocycles. The summed E-state index contributed by atoms with van der Waals surface area (Å²) in [5.41, 5.74) is 0.192. The highest BCUT2D eigenvalue weighted by Gasteiger charge is 2.34. The van der Waals surface area contributed by atoms with Crippen LogP contribution in [-0.2, 0) is 14.8 Å². The molecule has 2 aromatic rings. The minimum atomic E-state index is -3.83. The average Bonchev–Trinajstić information content (AvgIpc) is 3.04. The lowest BCUT2D eigenvalue weighted by atomic mass is 10.2. The molecule has 1 N–H and O–H groups in total. The van der Waals surface area contributed by atoms with E-state index >= 15 is 0 Å². The highest BCUT2D eigenvalue weighted by Crippen LogP contribution is 2.35. The third-order valence-corrected chi connectivity index (χ3v) is 7.01. The van der Waals surface area contributed by atoms with Crippen molar-refractivity contribution in [2.75, 3.05) is 23.0 Å². The summed E-state index contributed by atoms with van der Waals surface area (Å²) in [4.78, 5) is 13.0. The first-order valence-electron chi connectivity index (χ1n) is 8.70. The summed E-state index contributed by atoms with van der Waals surface area (Å²) in [6.45, 7) is 5.78. The van der Waals surface area contributed by atoms with Gasteiger partial charge in [0.2, 0.25) is 21.1 Å². The van der Waals surface area contributed by atoms with Gasteiger partial charge in [-0.2, -0.15) is 0 Å². The van der Waals surface area contributed by atoms with Crippen LogP contribution in [0.25, 0.3) is 0 Å². The van der Waals surface area contributed by atoms with E-state index < -0.39 is 22.0 Å². The Bertz CT molecular complexity index is 965. The Morgan fingerprint density at radius 1 is 1.38 bits per heavy atom. The molecule has 0 saturated heterocycles. The second kappa shape index (κ2) is 9.96. The highest BCUT2D eigenvalue weighted by atomic mass is 35.5. The highest BCUT2D eigenvalue weighted by molar-refractivity contribution is 8.01. The van der Waals surface area contributed by atoms with Crippen LogP contribution in [0.2, 0.25) is 5.02 Å². The molecule has 0 radical (unpaired) electrons. The van der Waals surface area contributed by atoms with Crippen molar-refractivity contribution in [1.82, 2.24) is 10.2 Å². The molecule has 0 bridgehead atoms. The lowest BCUT2D eigenvalue weighted by molar-refractivity contribution is -0.117. The van der Waals surface area contributed by atoms with E-state index in [2.05, 4.69) is 15.5 Å². The predicted molar refractivity (Wildman–Crippen MR) is 119 cm³/mol. The first-order chi connectivity index (χ1) is 13.6. The first kappa shape index (κ1) is 23.7. The molecule has 0 aliphatic rings. The van der Waals surface area contributed by atoms with E-state index in [-0.39, 0.29) is 17.9 Å². The maximum Gasteiger partial charge on any atom is 0.250 e. The number of thioether (sulfide) groups is 1. The fourth-order valence-electron chi connectivity index (χ4n) is 2.57. The van der Waals surface area contributed by atoms with E-state index in [0.717, 1.165) is 14.9 Å². The fourth-order valence-corrected chi connectivity index (χ4v) is 5.92. The van der Waals surface area contributed by atoms with Gasteiger partial charge in [-0.1, -0.05) is 55.5 Å². The standard InChI is InChI=1S/C17H23ClN4O4S3/c1-6-12(15(23)19-16-20-21-17(28-16)27-10(2)3)22(29(5,24)25)13-9-11(18)7-8-14(13)26-4/h7-10,12H,6H2,1-5H3,(H,19,20,23). The number of nitrogens with zero attached hydrogens (tertiary/aromatic N) is 3. The Hall–Kier alpha value is -1.56. The molecular weight excluding hydrogens is 456 g/mol. The van der Waals surface area contributed by atoms with Crippen LogP contribution in [0.1, 0.15) is 27.2 Å². The van der Waals surface area contributed by atoms with Crippen molar-refractivity contribution in [2.24, 2.45) is 0 Å². The van der Waals surface area contributed by atoms with Gasteiger partial charge in [-0.3, -0.25) is 14.4 Å². The number of benzene rings is 1. The number of methoxy groups -OCH3 is 1. The maximum atomic E-state index is 13.0. The molecule has 0 fully saturated rings. The summed E-state index contributed by atoms with van der Waals surface area (Å²) in [5, 5.41) is 11.6. The van der Waals surface area contributed by atoms with Crippen molar-refractivity contribution < 1.29 is 17.9 Å². The molecular formula is C17H23ClN4O4S3. The number of aromatic nitrogens is 2. The van der Waals surface area contributed by atoms with E-state index in [1.54, 1.807) is 19.1 Å². The van der Waals surface area contributed by atoms with Gasteiger partial charge in [0.15, 0.2) is 4.34 Å². The predicted octanol–water partition coefficient (Wildman–Crippen LogP) is 3.88. The van der Waals surface area contributed by atoms with Crippen molar-refractivity contribution >= 4 is 61.4 Å². The quantitative estimate of drug-likeness (QED) is 0.431. The molecule has 1 heterocycles. The zero-order valence-electron chi connectivity index (χ0n) is 16.7. The van der Waals surface area contributed by atoms with Gasteiger partial charge in [-0.15, -0.1) is 10.2 Å². The first-order valence-corrected chi connectivity index (χ1v) is 12.6. The summed E-state index contributed by atoms with van der Waals surface area (Å²) in [7, 11) is -2.41. The molecule has 1 amide bonds. The molecule has 1 unspecified atom stereocenters. The number of anilines is 2. The molecule has 2 rings (SSSR count). The number of nitrogens with one attached hydrogen (secondary N) is 1. The van der Waals surface area contributed by atoms with Crippen LogP contribution in [0, 0.1) is 0 Å². The topological polar surface area (TPSA) is 101 Å². The van der Waals surface area contributed by atoms with Crippen LogP contribution in [0.5, 0.6) is 5.75 Å². The van der Waals surface area contributed by atoms with Crippen LogP contribution in [0.15, 0.2) is 22.5 Å². The molecule has 8 nitrogen and oxygen atoms in total. The molecule has 0 aliphatic carbocycles. The number of sulfonamides is 1. The van der Waals surface area contributed by atoms with Gasteiger partial charge in [0.25, 0.3) is 0 Å². The number of hydrogen-bond donors (Lipinski definition) is 1. The SMILES string of the molecule is CCC(C(=O)Nc1nnc(SC(C)C)s1)N(c1cc(Cl)ccc1OC)S(C)(=O)=O. The van der Waals surface area contributed by atoms with Gasteiger partial charge >= 0.3 is 0 Å². The number of halogens is 1. The largest absolute Gasteiger partial charge is 0.495 e. The molecule has 0 aliphatic heterocycles.